The van der Waals surface area contributed by atoms with Crippen molar-refractivity contribution in [1.82, 2.24) is 4.98 Å². The summed E-state index contributed by atoms with van der Waals surface area (Å²) in [4.78, 5) is 2.65. The highest BCUT2D eigenvalue weighted by Crippen LogP contribution is 2.28. The van der Waals surface area contributed by atoms with Crippen molar-refractivity contribution >= 4 is 9.84 Å². The smallest absolute Gasteiger partial charge is 0.252 e. The molecule has 14 heavy (non-hydrogen) atoms. The van der Waals surface area contributed by atoms with Crippen LogP contribution in [0, 0.1) is 0 Å². The van der Waals surface area contributed by atoms with Gasteiger partial charge in [0.25, 0.3) is 0 Å². The molecule has 1 aromatic rings. The van der Waals surface area contributed by atoms with Crippen LogP contribution in [0.5, 0.6) is 0 Å². The molecule has 0 bridgehead atoms. The number of alkyl halides is 3. The van der Waals surface area contributed by atoms with E-state index in [1.54, 1.807) is 0 Å². The second-order valence-corrected chi connectivity index (χ2v) is 4.66. The van der Waals surface area contributed by atoms with Crippen LogP contribution in [0.15, 0.2) is 23.2 Å². The molecule has 0 N–H and O–H groups in total. The minimum Gasteiger partial charge on any atom is -0.252 e. The highest BCUT2D eigenvalue weighted by Gasteiger charge is 2.33. The quantitative estimate of drug-likeness (QED) is 0.727. The second kappa shape index (κ2) is 3.23. The number of nitrogens with zero attached hydrogens (tertiary/aromatic N) is 1. The van der Waals surface area contributed by atoms with E-state index in [0.717, 1.165) is 18.5 Å². The Balaban J connectivity index is 3.29. The van der Waals surface area contributed by atoms with Gasteiger partial charge in [-0.1, -0.05) is 0 Å². The summed E-state index contributed by atoms with van der Waals surface area (Å²) in [6, 6.07) is 1.53. The van der Waals surface area contributed by atoms with Crippen molar-refractivity contribution in [2.75, 3.05) is 6.26 Å². The normalized spacial score (nSPS) is 12.9. The van der Waals surface area contributed by atoms with Gasteiger partial charge in [0.15, 0.2) is 9.84 Å². The molecule has 0 amide bonds. The van der Waals surface area contributed by atoms with Crippen LogP contribution < -0.4 is 0 Å². The van der Waals surface area contributed by atoms with E-state index in [-0.39, 0.29) is 4.90 Å². The van der Waals surface area contributed by atoms with E-state index in [0.29, 0.717) is 6.07 Å². The highest BCUT2D eigenvalue weighted by atomic mass is 32.2. The maximum absolute atomic E-state index is 12.1. The molecule has 0 saturated heterocycles. The van der Waals surface area contributed by atoms with Gasteiger partial charge in [0.05, 0.1) is 4.90 Å². The molecule has 7 heteroatoms. The number of hydrogen-bond acceptors (Lipinski definition) is 3. The Labute approximate surface area is 78.5 Å². The van der Waals surface area contributed by atoms with Gasteiger partial charge in [-0.15, -0.1) is 0 Å². The lowest BCUT2D eigenvalue weighted by Crippen LogP contribution is -2.09. The zero-order valence-corrected chi connectivity index (χ0v) is 7.85. The number of halogens is 3. The number of hydrogen-bond donors (Lipinski definition) is 0. The Hall–Kier alpha value is -1.11. The molecule has 0 atom stereocenters. The summed E-state index contributed by atoms with van der Waals surface area (Å²) in [5.74, 6) is 0. The van der Waals surface area contributed by atoms with Gasteiger partial charge in [0, 0.05) is 12.5 Å². The van der Waals surface area contributed by atoms with Crippen LogP contribution in [-0.2, 0) is 16.0 Å². The summed E-state index contributed by atoms with van der Waals surface area (Å²) >= 11 is 0. The maximum atomic E-state index is 12.1. The standard InChI is InChI=1S/C7H6F3NO2S/c1-14(12,13)5-2-3-11-6(4-5)7(8,9)10/h2-4H,1H3. The molecule has 1 aromatic heterocycles. The first-order valence-electron chi connectivity index (χ1n) is 3.44. The van der Waals surface area contributed by atoms with Crippen LogP contribution >= 0.6 is 0 Å². The fourth-order valence-corrected chi connectivity index (χ4v) is 1.43. The molecular formula is C7H6F3NO2S. The highest BCUT2D eigenvalue weighted by molar-refractivity contribution is 7.90. The van der Waals surface area contributed by atoms with Gasteiger partial charge < -0.3 is 0 Å². The number of rotatable bonds is 1. The fourth-order valence-electron chi connectivity index (χ4n) is 0.797. The molecule has 0 aliphatic carbocycles. The van der Waals surface area contributed by atoms with Crippen molar-refractivity contribution in [1.29, 1.82) is 0 Å². The van der Waals surface area contributed by atoms with Crippen LogP contribution in [0.4, 0.5) is 13.2 Å². The Morgan fingerprint density at radius 2 is 1.93 bits per heavy atom. The first kappa shape index (κ1) is 11.0. The Morgan fingerprint density at radius 3 is 2.36 bits per heavy atom. The van der Waals surface area contributed by atoms with Gasteiger partial charge in [-0.2, -0.15) is 13.2 Å². The van der Waals surface area contributed by atoms with E-state index >= 15 is 0 Å². The predicted molar refractivity (Wildman–Crippen MR) is 42.3 cm³/mol. The van der Waals surface area contributed by atoms with E-state index in [2.05, 4.69) is 4.98 Å². The van der Waals surface area contributed by atoms with Gasteiger partial charge in [-0.3, -0.25) is 4.98 Å². The minimum absolute atomic E-state index is 0.389. The SMILES string of the molecule is CS(=O)(=O)c1ccnc(C(F)(F)F)c1. The van der Waals surface area contributed by atoms with Crippen molar-refractivity contribution < 1.29 is 21.6 Å². The summed E-state index contributed by atoms with van der Waals surface area (Å²) in [6.07, 6.45) is -2.97. The summed E-state index contributed by atoms with van der Waals surface area (Å²) in [7, 11) is -3.63. The molecule has 0 aromatic carbocycles. The lowest BCUT2D eigenvalue weighted by atomic mass is 10.3. The van der Waals surface area contributed by atoms with Crippen LogP contribution in [0.25, 0.3) is 0 Å². The molecule has 0 aliphatic rings. The molecule has 0 fully saturated rings. The Morgan fingerprint density at radius 1 is 1.36 bits per heavy atom. The summed E-state index contributed by atoms with van der Waals surface area (Å²) in [5.41, 5.74) is -1.21. The lowest BCUT2D eigenvalue weighted by molar-refractivity contribution is -0.141. The molecule has 1 heterocycles. The third kappa shape index (κ3) is 2.44. The molecule has 0 spiro atoms. The summed E-state index contributed by atoms with van der Waals surface area (Å²) < 4.78 is 58.1. The molecule has 78 valence electrons. The van der Waals surface area contributed by atoms with E-state index in [1.807, 2.05) is 0 Å². The van der Waals surface area contributed by atoms with Crippen molar-refractivity contribution in [3.8, 4) is 0 Å². The van der Waals surface area contributed by atoms with E-state index in [4.69, 9.17) is 0 Å². The van der Waals surface area contributed by atoms with Gasteiger partial charge in [0.1, 0.15) is 5.69 Å². The van der Waals surface area contributed by atoms with Gasteiger partial charge in [-0.05, 0) is 12.1 Å². The molecule has 0 radical (unpaired) electrons. The second-order valence-electron chi connectivity index (χ2n) is 2.65. The monoisotopic (exact) mass is 225 g/mol. The molecule has 0 aliphatic heterocycles. The molecule has 1 rings (SSSR count). The van der Waals surface area contributed by atoms with Crippen molar-refractivity contribution in [3.05, 3.63) is 24.0 Å². The fraction of sp³-hybridized carbons (Fsp3) is 0.286. The van der Waals surface area contributed by atoms with Crippen LogP contribution in [0.1, 0.15) is 5.69 Å². The van der Waals surface area contributed by atoms with E-state index in [9.17, 15) is 21.6 Å². The summed E-state index contributed by atoms with van der Waals surface area (Å²) in [5, 5.41) is 0. The average Bonchev–Trinajstić information content (AvgIpc) is 2.01. The van der Waals surface area contributed by atoms with Crippen LogP contribution in [0.2, 0.25) is 0 Å². The zero-order chi connectivity index (χ0) is 11.0. The predicted octanol–water partition coefficient (Wildman–Crippen LogP) is 1.50. The van der Waals surface area contributed by atoms with Crippen molar-refractivity contribution in [3.63, 3.8) is 0 Å². The third-order valence-electron chi connectivity index (χ3n) is 1.45. The Bertz CT molecular complexity index is 438. The van der Waals surface area contributed by atoms with Gasteiger partial charge in [0.2, 0.25) is 0 Å². The molecule has 3 nitrogen and oxygen atoms in total. The van der Waals surface area contributed by atoms with Crippen LogP contribution in [-0.4, -0.2) is 19.7 Å². The van der Waals surface area contributed by atoms with E-state index in [1.165, 1.54) is 0 Å². The van der Waals surface area contributed by atoms with Gasteiger partial charge >= 0.3 is 6.18 Å². The molecular weight excluding hydrogens is 219 g/mol. The molecule has 0 saturated carbocycles. The first-order valence-corrected chi connectivity index (χ1v) is 5.34. The lowest BCUT2D eigenvalue weighted by Gasteiger charge is -2.05. The Kier molecular flexibility index (Phi) is 2.53. The van der Waals surface area contributed by atoms with Crippen LogP contribution in [0.3, 0.4) is 0 Å². The van der Waals surface area contributed by atoms with Crippen molar-refractivity contribution in [2.24, 2.45) is 0 Å². The number of sulfone groups is 1. The molecule has 0 unspecified atom stereocenters. The minimum atomic E-state index is -4.62. The third-order valence-corrected chi connectivity index (χ3v) is 2.56. The summed E-state index contributed by atoms with van der Waals surface area (Å²) in [6.45, 7) is 0. The maximum Gasteiger partial charge on any atom is 0.433 e. The number of aromatic nitrogens is 1. The average molecular weight is 225 g/mol. The first-order chi connectivity index (χ1) is 6.21. The largest absolute Gasteiger partial charge is 0.433 e. The van der Waals surface area contributed by atoms with Gasteiger partial charge in [-0.25, -0.2) is 8.42 Å². The topological polar surface area (TPSA) is 47.0 Å². The number of pyridine rings is 1. The van der Waals surface area contributed by atoms with E-state index < -0.39 is 21.7 Å². The zero-order valence-electron chi connectivity index (χ0n) is 7.04. The van der Waals surface area contributed by atoms with Crippen molar-refractivity contribution in [2.45, 2.75) is 11.1 Å².